The van der Waals surface area contributed by atoms with Gasteiger partial charge in [0.15, 0.2) is 5.84 Å². The van der Waals surface area contributed by atoms with E-state index in [1.807, 2.05) is 19.1 Å². The number of nitrogens with zero attached hydrogens (tertiary/aromatic N) is 1. The summed E-state index contributed by atoms with van der Waals surface area (Å²) >= 11 is 6.08. The number of rotatable bonds is 3. The Morgan fingerprint density at radius 3 is 2.68 bits per heavy atom. The molecule has 2 rings (SSSR count). The molecule has 0 atom stereocenters. The normalized spacial score (nSPS) is 11.4. The second-order valence-corrected chi connectivity index (χ2v) is 4.42. The Balaban J connectivity index is 2.41. The molecule has 0 aliphatic rings. The van der Waals surface area contributed by atoms with Crippen LogP contribution in [-0.4, -0.2) is 11.0 Å². The van der Waals surface area contributed by atoms with Gasteiger partial charge in [0.25, 0.3) is 0 Å². The van der Waals surface area contributed by atoms with Crippen LogP contribution in [-0.2, 0) is 0 Å². The molecule has 2 aromatic carbocycles. The number of amidine groups is 1. The number of nitrogens with two attached hydrogens (primary N) is 1. The molecule has 0 unspecified atom stereocenters. The maximum atomic E-state index is 8.76. The van der Waals surface area contributed by atoms with Crippen LogP contribution in [0.3, 0.4) is 0 Å². The van der Waals surface area contributed by atoms with Crippen molar-refractivity contribution in [2.24, 2.45) is 10.9 Å². The van der Waals surface area contributed by atoms with E-state index in [4.69, 9.17) is 27.3 Å². The van der Waals surface area contributed by atoms with E-state index in [0.29, 0.717) is 22.1 Å². The van der Waals surface area contributed by atoms with Crippen LogP contribution < -0.4 is 10.5 Å². The van der Waals surface area contributed by atoms with Gasteiger partial charge in [-0.15, -0.1) is 0 Å². The lowest BCUT2D eigenvalue weighted by Crippen LogP contribution is -2.14. The fraction of sp³-hybridized carbons (Fsp3) is 0.0714. The van der Waals surface area contributed by atoms with Crippen molar-refractivity contribution in [1.29, 1.82) is 0 Å². The van der Waals surface area contributed by atoms with Gasteiger partial charge in [-0.2, -0.15) is 0 Å². The molecule has 0 radical (unpaired) electrons. The van der Waals surface area contributed by atoms with Gasteiger partial charge in [-0.1, -0.05) is 35.0 Å². The molecule has 19 heavy (non-hydrogen) atoms. The summed E-state index contributed by atoms with van der Waals surface area (Å²) in [5, 5.41) is 12.2. The Bertz CT molecular complexity index is 627. The van der Waals surface area contributed by atoms with Crippen molar-refractivity contribution in [3.63, 3.8) is 0 Å². The Morgan fingerprint density at radius 1 is 1.21 bits per heavy atom. The van der Waals surface area contributed by atoms with Gasteiger partial charge in [-0.25, -0.2) is 0 Å². The van der Waals surface area contributed by atoms with Crippen LogP contribution in [0.4, 0.5) is 0 Å². The quantitative estimate of drug-likeness (QED) is 0.390. The highest BCUT2D eigenvalue weighted by Gasteiger charge is 2.10. The van der Waals surface area contributed by atoms with Crippen molar-refractivity contribution in [2.75, 3.05) is 0 Å². The minimum Gasteiger partial charge on any atom is -0.455 e. The SMILES string of the molecule is Cc1ccc(Cl)c(Oc2ccccc2/C(N)=N/O)c1. The molecule has 0 fully saturated rings. The highest BCUT2D eigenvalue weighted by atomic mass is 35.5. The fourth-order valence-corrected chi connectivity index (χ4v) is 1.78. The standard InChI is InChI=1S/C14H13ClN2O2/c1-9-6-7-11(15)13(8-9)19-12-5-3-2-4-10(12)14(16)17-18/h2-8,18H,1H3,(H2,16,17). The summed E-state index contributed by atoms with van der Waals surface area (Å²) in [6.45, 7) is 1.94. The zero-order chi connectivity index (χ0) is 13.8. The first-order valence-corrected chi connectivity index (χ1v) is 6.00. The zero-order valence-corrected chi connectivity index (χ0v) is 11.1. The Labute approximate surface area is 116 Å². The van der Waals surface area contributed by atoms with Crippen molar-refractivity contribution in [3.05, 3.63) is 58.6 Å². The van der Waals surface area contributed by atoms with Crippen molar-refractivity contribution in [3.8, 4) is 11.5 Å². The number of ether oxygens (including phenoxy) is 1. The molecule has 0 heterocycles. The average Bonchev–Trinajstić information content (AvgIpc) is 2.42. The maximum absolute atomic E-state index is 8.76. The smallest absolute Gasteiger partial charge is 0.173 e. The van der Waals surface area contributed by atoms with Crippen LogP contribution in [0.25, 0.3) is 0 Å². The van der Waals surface area contributed by atoms with E-state index < -0.39 is 0 Å². The molecule has 0 bridgehead atoms. The molecule has 0 saturated heterocycles. The third-order valence-corrected chi connectivity index (χ3v) is 2.89. The topological polar surface area (TPSA) is 67.8 Å². The van der Waals surface area contributed by atoms with E-state index in [2.05, 4.69) is 5.16 Å². The summed E-state index contributed by atoms with van der Waals surface area (Å²) in [5.41, 5.74) is 7.13. The van der Waals surface area contributed by atoms with Gasteiger partial charge in [0.05, 0.1) is 10.6 Å². The van der Waals surface area contributed by atoms with Crippen LogP contribution in [0.15, 0.2) is 47.6 Å². The first kappa shape index (κ1) is 13.2. The largest absolute Gasteiger partial charge is 0.455 e. The number of benzene rings is 2. The van der Waals surface area contributed by atoms with E-state index in [1.54, 1.807) is 30.3 Å². The van der Waals surface area contributed by atoms with Gasteiger partial charge < -0.3 is 15.7 Å². The van der Waals surface area contributed by atoms with E-state index >= 15 is 0 Å². The summed E-state index contributed by atoms with van der Waals surface area (Å²) in [4.78, 5) is 0. The lowest BCUT2D eigenvalue weighted by Gasteiger charge is -2.11. The second kappa shape index (κ2) is 5.63. The number of hydrogen-bond acceptors (Lipinski definition) is 3. The van der Waals surface area contributed by atoms with Crippen molar-refractivity contribution in [2.45, 2.75) is 6.92 Å². The summed E-state index contributed by atoms with van der Waals surface area (Å²) in [5.74, 6) is 0.990. The van der Waals surface area contributed by atoms with Crippen LogP contribution in [0.2, 0.25) is 5.02 Å². The molecule has 3 N–H and O–H groups in total. The van der Waals surface area contributed by atoms with E-state index in [0.717, 1.165) is 5.56 Å². The Kier molecular flexibility index (Phi) is 3.92. The molecule has 0 saturated carbocycles. The molecule has 2 aromatic rings. The summed E-state index contributed by atoms with van der Waals surface area (Å²) in [7, 11) is 0. The first-order valence-electron chi connectivity index (χ1n) is 5.62. The van der Waals surface area contributed by atoms with E-state index in [1.165, 1.54) is 0 Å². The third kappa shape index (κ3) is 2.98. The second-order valence-electron chi connectivity index (χ2n) is 4.02. The molecule has 0 spiro atoms. The van der Waals surface area contributed by atoms with Crippen LogP contribution in [0, 0.1) is 6.92 Å². The molecule has 0 aliphatic carbocycles. The average molecular weight is 277 g/mol. The molecule has 4 nitrogen and oxygen atoms in total. The highest BCUT2D eigenvalue weighted by molar-refractivity contribution is 6.32. The molecule has 0 aromatic heterocycles. The molecular formula is C14H13ClN2O2. The van der Waals surface area contributed by atoms with Crippen LogP contribution in [0.5, 0.6) is 11.5 Å². The number of hydrogen-bond donors (Lipinski definition) is 2. The summed E-state index contributed by atoms with van der Waals surface area (Å²) in [6, 6.07) is 12.5. The van der Waals surface area contributed by atoms with Gasteiger partial charge >= 0.3 is 0 Å². The molecule has 98 valence electrons. The predicted molar refractivity (Wildman–Crippen MR) is 75.2 cm³/mol. The number of halogens is 1. The molecule has 0 amide bonds. The number of aryl methyl sites for hydroxylation is 1. The maximum Gasteiger partial charge on any atom is 0.173 e. The predicted octanol–water partition coefficient (Wildman–Crippen LogP) is 3.54. The van der Waals surface area contributed by atoms with Crippen LogP contribution in [0.1, 0.15) is 11.1 Å². The van der Waals surface area contributed by atoms with Gasteiger partial charge in [0.1, 0.15) is 11.5 Å². The number of oxime groups is 1. The highest BCUT2D eigenvalue weighted by Crippen LogP contribution is 2.31. The molecule has 5 heteroatoms. The zero-order valence-electron chi connectivity index (χ0n) is 10.3. The lowest BCUT2D eigenvalue weighted by molar-refractivity contribution is 0.318. The minimum atomic E-state index is -0.0145. The Morgan fingerprint density at radius 2 is 1.95 bits per heavy atom. The molecule has 0 aliphatic heterocycles. The molecular weight excluding hydrogens is 264 g/mol. The minimum absolute atomic E-state index is 0.0145. The van der Waals surface area contributed by atoms with Crippen molar-refractivity contribution < 1.29 is 9.94 Å². The first-order chi connectivity index (χ1) is 9.11. The van der Waals surface area contributed by atoms with Crippen LogP contribution >= 0.6 is 11.6 Å². The van der Waals surface area contributed by atoms with Gasteiger partial charge in [0, 0.05) is 0 Å². The van der Waals surface area contributed by atoms with E-state index in [-0.39, 0.29) is 5.84 Å². The van der Waals surface area contributed by atoms with Gasteiger partial charge in [0.2, 0.25) is 0 Å². The van der Waals surface area contributed by atoms with Crippen molar-refractivity contribution in [1.82, 2.24) is 0 Å². The van der Waals surface area contributed by atoms with Crippen molar-refractivity contribution >= 4 is 17.4 Å². The van der Waals surface area contributed by atoms with E-state index in [9.17, 15) is 0 Å². The summed E-state index contributed by atoms with van der Waals surface area (Å²) < 4.78 is 5.74. The third-order valence-electron chi connectivity index (χ3n) is 2.58. The monoisotopic (exact) mass is 276 g/mol. The van der Waals surface area contributed by atoms with Gasteiger partial charge in [-0.05, 0) is 36.8 Å². The van der Waals surface area contributed by atoms with Gasteiger partial charge in [-0.3, -0.25) is 0 Å². The Hall–Kier alpha value is -2.20. The summed E-state index contributed by atoms with van der Waals surface area (Å²) in [6.07, 6.45) is 0. The number of para-hydroxylation sites is 1. The fourth-order valence-electron chi connectivity index (χ4n) is 1.63. The lowest BCUT2D eigenvalue weighted by atomic mass is 10.2.